The number of nitro groups is 1. The SMILES string of the molecule is COc1ccc(CN(C)C(=O)CCCn2c(=O)oc3cc([N+](=O)[O-])ccc32)cc1OC. The maximum atomic E-state index is 12.5. The summed E-state index contributed by atoms with van der Waals surface area (Å²) in [4.78, 5) is 36.5. The minimum atomic E-state index is -0.610. The first-order valence-electron chi connectivity index (χ1n) is 9.56. The van der Waals surface area contributed by atoms with Gasteiger partial charge >= 0.3 is 5.76 Å². The van der Waals surface area contributed by atoms with Gasteiger partial charge in [0.1, 0.15) is 0 Å². The number of nitro benzene ring substituents is 1. The molecule has 0 bridgehead atoms. The fourth-order valence-corrected chi connectivity index (χ4v) is 3.30. The number of aromatic nitrogens is 1. The van der Waals surface area contributed by atoms with Gasteiger partial charge in [-0.3, -0.25) is 19.5 Å². The molecule has 0 aliphatic rings. The number of carbonyl (C=O) groups is 1. The molecule has 10 nitrogen and oxygen atoms in total. The average Bonchev–Trinajstić information content (AvgIpc) is 3.07. The molecule has 0 N–H and O–H groups in total. The highest BCUT2D eigenvalue weighted by atomic mass is 16.6. The van der Waals surface area contributed by atoms with Gasteiger partial charge in [-0.2, -0.15) is 0 Å². The molecule has 0 atom stereocenters. The fourth-order valence-electron chi connectivity index (χ4n) is 3.30. The van der Waals surface area contributed by atoms with Gasteiger partial charge < -0.3 is 18.8 Å². The Bertz CT molecular complexity index is 1170. The van der Waals surface area contributed by atoms with E-state index in [1.165, 1.54) is 22.8 Å². The molecule has 0 saturated carbocycles. The van der Waals surface area contributed by atoms with Gasteiger partial charge in [0.05, 0.1) is 30.7 Å². The third-order valence-electron chi connectivity index (χ3n) is 4.93. The molecule has 0 saturated heterocycles. The number of methoxy groups -OCH3 is 2. The molecule has 2 aromatic carbocycles. The molecular weight excluding hydrogens is 406 g/mol. The summed E-state index contributed by atoms with van der Waals surface area (Å²) in [7, 11) is 4.82. The van der Waals surface area contributed by atoms with Crippen LogP contribution in [0.4, 0.5) is 5.69 Å². The normalized spacial score (nSPS) is 10.8. The Morgan fingerprint density at radius 3 is 2.58 bits per heavy atom. The molecular formula is C21H23N3O7. The van der Waals surface area contributed by atoms with Crippen molar-refractivity contribution in [3.8, 4) is 11.5 Å². The predicted molar refractivity (Wildman–Crippen MR) is 112 cm³/mol. The van der Waals surface area contributed by atoms with Gasteiger partial charge in [0.15, 0.2) is 17.1 Å². The van der Waals surface area contributed by atoms with Crippen molar-refractivity contribution in [1.82, 2.24) is 9.47 Å². The third-order valence-corrected chi connectivity index (χ3v) is 4.93. The highest BCUT2D eigenvalue weighted by molar-refractivity contribution is 5.76. The van der Waals surface area contributed by atoms with Crippen LogP contribution in [0.3, 0.4) is 0 Å². The molecule has 164 valence electrons. The van der Waals surface area contributed by atoms with E-state index in [4.69, 9.17) is 13.9 Å². The van der Waals surface area contributed by atoms with Crippen LogP contribution in [0, 0.1) is 10.1 Å². The predicted octanol–water partition coefficient (Wildman–Crippen LogP) is 2.96. The van der Waals surface area contributed by atoms with Crippen LogP contribution < -0.4 is 15.2 Å². The number of benzene rings is 2. The Morgan fingerprint density at radius 1 is 1.16 bits per heavy atom. The van der Waals surface area contributed by atoms with Crippen molar-refractivity contribution in [2.75, 3.05) is 21.3 Å². The monoisotopic (exact) mass is 429 g/mol. The van der Waals surface area contributed by atoms with Crippen molar-refractivity contribution in [3.63, 3.8) is 0 Å². The summed E-state index contributed by atoms with van der Waals surface area (Å²) in [6, 6.07) is 9.47. The quantitative estimate of drug-likeness (QED) is 0.379. The highest BCUT2D eigenvalue weighted by Crippen LogP contribution is 2.28. The standard InChI is InChI=1S/C21H23N3O7/c1-22(13-14-6-9-17(29-2)19(11-14)30-3)20(25)5-4-10-23-16-8-7-15(24(27)28)12-18(16)31-21(23)26/h6-9,11-12H,4-5,10,13H2,1-3H3. The topological polar surface area (TPSA) is 117 Å². The van der Waals surface area contributed by atoms with Crippen molar-refractivity contribution in [1.29, 1.82) is 0 Å². The maximum absolute atomic E-state index is 12.5. The summed E-state index contributed by atoms with van der Waals surface area (Å²) >= 11 is 0. The summed E-state index contributed by atoms with van der Waals surface area (Å²) in [6.45, 7) is 0.664. The summed E-state index contributed by atoms with van der Waals surface area (Å²) in [5.74, 6) is 0.517. The van der Waals surface area contributed by atoms with E-state index in [0.717, 1.165) is 5.56 Å². The minimum Gasteiger partial charge on any atom is -0.493 e. The molecule has 3 rings (SSSR count). The molecule has 0 fully saturated rings. The van der Waals surface area contributed by atoms with E-state index in [0.29, 0.717) is 30.0 Å². The number of carbonyl (C=O) groups excluding carboxylic acids is 1. The Balaban J connectivity index is 1.60. The Kier molecular flexibility index (Phi) is 6.58. The summed E-state index contributed by atoms with van der Waals surface area (Å²) in [5, 5.41) is 10.9. The molecule has 1 heterocycles. The van der Waals surface area contributed by atoms with Gasteiger partial charge in [0, 0.05) is 32.6 Å². The second-order valence-electron chi connectivity index (χ2n) is 6.97. The number of rotatable bonds is 9. The number of hydrogen-bond donors (Lipinski definition) is 0. The minimum absolute atomic E-state index is 0.0775. The molecule has 10 heteroatoms. The van der Waals surface area contributed by atoms with Gasteiger partial charge in [-0.25, -0.2) is 4.79 Å². The Labute approximate surface area is 177 Å². The van der Waals surface area contributed by atoms with Crippen molar-refractivity contribution >= 4 is 22.7 Å². The fraction of sp³-hybridized carbons (Fsp3) is 0.333. The van der Waals surface area contributed by atoms with E-state index >= 15 is 0 Å². The summed E-state index contributed by atoms with van der Waals surface area (Å²) in [5.41, 5.74) is 1.35. The van der Waals surface area contributed by atoms with Gasteiger partial charge in [-0.05, 0) is 30.2 Å². The number of fused-ring (bicyclic) bond motifs is 1. The van der Waals surface area contributed by atoms with Crippen LogP contribution in [-0.4, -0.2) is 41.6 Å². The molecule has 31 heavy (non-hydrogen) atoms. The van der Waals surface area contributed by atoms with Crippen molar-refractivity contribution < 1.29 is 23.6 Å². The summed E-state index contributed by atoms with van der Waals surface area (Å²) < 4.78 is 17.0. The van der Waals surface area contributed by atoms with Crippen LogP contribution in [0.2, 0.25) is 0 Å². The van der Waals surface area contributed by atoms with Gasteiger partial charge in [0.25, 0.3) is 5.69 Å². The lowest BCUT2D eigenvalue weighted by molar-refractivity contribution is -0.384. The largest absolute Gasteiger partial charge is 0.493 e. The van der Waals surface area contributed by atoms with Gasteiger partial charge in [0.2, 0.25) is 5.91 Å². The van der Waals surface area contributed by atoms with Crippen molar-refractivity contribution in [2.24, 2.45) is 0 Å². The van der Waals surface area contributed by atoms with E-state index in [-0.39, 0.29) is 30.1 Å². The zero-order valence-electron chi connectivity index (χ0n) is 17.5. The molecule has 0 unspecified atom stereocenters. The van der Waals surface area contributed by atoms with Gasteiger partial charge in [-0.15, -0.1) is 0 Å². The number of ether oxygens (including phenoxy) is 2. The second kappa shape index (κ2) is 9.33. The number of non-ortho nitro benzene ring substituents is 1. The zero-order chi connectivity index (χ0) is 22.5. The van der Waals surface area contributed by atoms with Crippen LogP contribution in [0.25, 0.3) is 11.1 Å². The molecule has 0 spiro atoms. The third kappa shape index (κ3) is 4.85. The smallest absolute Gasteiger partial charge is 0.419 e. The molecule has 3 aromatic rings. The number of aryl methyl sites for hydroxylation is 1. The molecule has 0 aliphatic heterocycles. The first kappa shape index (κ1) is 21.9. The van der Waals surface area contributed by atoms with Crippen LogP contribution >= 0.6 is 0 Å². The number of oxazole rings is 1. The lowest BCUT2D eigenvalue weighted by atomic mass is 10.1. The van der Waals surface area contributed by atoms with E-state index in [2.05, 4.69) is 0 Å². The van der Waals surface area contributed by atoms with Crippen LogP contribution in [0.15, 0.2) is 45.6 Å². The Morgan fingerprint density at radius 2 is 1.90 bits per heavy atom. The number of amides is 1. The van der Waals surface area contributed by atoms with Gasteiger partial charge in [-0.1, -0.05) is 6.07 Å². The lowest BCUT2D eigenvalue weighted by Gasteiger charge is -2.18. The Hall–Kier alpha value is -3.82. The molecule has 0 aliphatic carbocycles. The van der Waals surface area contributed by atoms with Crippen molar-refractivity contribution in [3.05, 3.63) is 62.6 Å². The lowest BCUT2D eigenvalue weighted by Crippen LogP contribution is -2.26. The molecule has 0 radical (unpaired) electrons. The maximum Gasteiger partial charge on any atom is 0.419 e. The van der Waals surface area contributed by atoms with E-state index in [9.17, 15) is 19.7 Å². The molecule has 1 aromatic heterocycles. The number of nitrogens with zero attached hydrogens (tertiary/aromatic N) is 3. The first-order valence-corrected chi connectivity index (χ1v) is 9.56. The number of hydrogen-bond acceptors (Lipinski definition) is 7. The van der Waals surface area contributed by atoms with E-state index in [1.807, 2.05) is 12.1 Å². The first-order chi connectivity index (χ1) is 14.8. The van der Waals surface area contributed by atoms with E-state index < -0.39 is 10.7 Å². The van der Waals surface area contributed by atoms with E-state index in [1.54, 1.807) is 32.2 Å². The van der Waals surface area contributed by atoms with Crippen LogP contribution in [0.1, 0.15) is 18.4 Å². The average molecular weight is 429 g/mol. The summed E-state index contributed by atoms with van der Waals surface area (Å²) in [6.07, 6.45) is 0.649. The van der Waals surface area contributed by atoms with Crippen LogP contribution in [0.5, 0.6) is 11.5 Å². The highest BCUT2D eigenvalue weighted by Gasteiger charge is 2.15. The zero-order valence-corrected chi connectivity index (χ0v) is 17.5. The second-order valence-corrected chi connectivity index (χ2v) is 6.97. The molecule has 1 amide bonds. The van der Waals surface area contributed by atoms with Crippen LogP contribution in [-0.2, 0) is 17.9 Å². The van der Waals surface area contributed by atoms with Crippen molar-refractivity contribution in [2.45, 2.75) is 25.9 Å².